The minimum Gasteiger partial charge on any atom is -0.480 e. The number of methoxy groups -OCH3 is 1. The third-order valence-corrected chi connectivity index (χ3v) is 6.99. The number of benzene rings is 1. The van der Waals surface area contributed by atoms with Crippen LogP contribution in [0.4, 0.5) is 23.9 Å². The first kappa shape index (κ1) is 33.7. The molecule has 2 amide bonds. The predicted octanol–water partition coefficient (Wildman–Crippen LogP) is 1.88. The molecule has 0 spiro atoms. The van der Waals surface area contributed by atoms with Crippen molar-refractivity contribution in [1.29, 1.82) is 0 Å². The zero-order valence-corrected chi connectivity index (χ0v) is 22.7. The van der Waals surface area contributed by atoms with Crippen LogP contribution in [-0.2, 0) is 25.8 Å². The van der Waals surface area contributed by atoms with E-state index in [0.717, 1.165) is 6.07 Å². The molecular formula is C20H28F3N6O8PS. The Morgan fingerprint density at radius 2 is 1.82 bits per heavy atom. The van der Waals surface area contributed by atoms with Crippen molar-refractivity contribution in [3.63, 3.8) is 0 Å². The summed E-state index contributed by atoms with van der Waals surface area (Å²) in [5.41, 5.74) is 5.02. The van der Waals surface area contributed by atoms with Gasteiger partial charge in [0.1, 0.15) is 11.9 Å². The third kappa shape index (κ3) is 13.3. The Kier molecular flexibility index (Phi) is 12.2. The van der Waals surface area contributed by atoms with Crippen LogP contribution in [0.1, 0.15) is 24.2 Å². The van der Waals surface area contributed by atoms with Crippen molar-refractivity contribution < 1.29 is 50.5 Å². The van der Waals surface area contributed by atoms with Crippen molar-refractivity contribution >= 4 is 35.3 Å². The standard InChI is InChI=1S/C15H16F3N5O4S.C5H12NO4P/c1-9-19-12(22-14(20-9)27-2)21-13(24)23-28(25,26)11-6-4-3-5-10(11)7-8-15(16,17)18;1-11(9,10)3-2-4(6)5(7)8/h3-6H,7-8H2,1-2H3,(H2,19,20,21,22,23,24);4H,2-3,6H2,1H3,(H,7,8)(H,9,10). The Labute approximate surface area is 221 Å². The molecule has 0 saturated carbocycles. The van der Waals surface area contributed by atoms with Gasteiger partial charge >= 0.3 is 24.2 Å². The van der Waals surface area contributed by atoms with E-state index >= 15 is 0 Å². The highest BCUT2D eigenvalue weighted by Crippen LogP contribution is 2.35. The second-order valence-corrected chi connectivity index (χ2v) is 12.2. The molecule has 0 aliphatic heterocycles. The molecule has 1 aromatic carbocycles. The summed E-state index contributed by atoms with van der Waals surface area (Å²) in [5, 5.41) is 10.4. The summed E-state index contributed by atoms with van der Waals surface area (Å²) in [6.45, 7) is 2.68. The second kappa shape index (κ2) is 14.2. The van der Waals surface area contributed by atoms with Crippen LogP contribution in [0.25, 0.3) is 0 Å². The van der Waals surface area contributed by atoms with Gasteiger partial charge in [0.25, 0.3) is 10.0 Å². The second-order valence-electron chi connectivity index (χ2n) is 7.98. The van der Waals surface area contributed by atoms with E-state index in [9.17, 15) is 35.7 Å². The summed E-state index contributed by atoms with van der Waals surface area (Å²) in [7, 11) is -6.25. The fourth-order valence-corrected chi connectivity index (χ4v) is 4.59. The van der Waals surface area contributed by atoms with Gasteiger partial charge in [-0.05, 0) is 31.4 Å². The molecule has 14 nitrogen and oxygen atoms in total. The topological polar surface area (TPSA) is 224 Å². The van der Waals surface area contributed by atoms with Crippen LogP contribution in [0.15, 0.2) is 29.2 Å². The number of hydrogen-bond acceptors (Lipinski definition) is 10. The summed E-state index contributed by atoms with van der Waals surface area (Å²) in [6, 6.07) is 2.78. The minimum atomic E-state index is -4.45. The fraction of sp³-hybridized carbons (Fsp3) is 0.450. The van der Waals surface area contributed by atoms with Crippen molar-refractivity contribution in [3.05, 3.63) is 35.7 Å². The number of halogens is 3. The average Bonchev–Trinajstić information content (AvgIpc) is 2.79. The number of carboxylic acid groups (broad SMARTS) is 1. The quantitative estimate of drug-likeness (QED) is 0.247. The number of ether oxygens (including phenoxy) is 1. The molecule has 1 aromatic heterocycles. The monoisotopic (exact) mass is 600 g/mol. The number of aryl methyl sites for hydroxylation is 2. The van der Waals surface area contributed by atoms with E-state index in [2.05, 4.69) is 20.3 Å². The Balaban J connectivity index is 0.000000584. The number of amides is 2. The van der Waals surface area contributed by atoms with Crippen LogP contribution in [0.3, 0.4) is 0 Å². The summed E-state index contributed by atoms with van der Waals surface area (Å²) in [4.78, 5) is 41.8. The van der Waals surface area contributed by atoms with Gasteiger partial charge in [-0.3, -0.25) is 14.7 Å². The fourth-order valence-electron chi connectivity index (χ4n) is 2.66. The maximum absolute atomic E-state index is 12.5. The number of alkyl halides is 3. The Bertz CT molecular complexity index is 1310. The van der Waals surface area contributed by atoms with Gasteiger partial charge in [0.05, 0.1) is 12.0 Å². The molecule has 2 aromatic rings. The first-order chi connectivity index (χ1) is 17.8. The zero-order valence-electron chi connectivity index (χ0n) is 21.0. The predicted molar refractivity (Wildman–Crippen MR) is 132 cm³/mol. The van der Waals surface area contributed by atoms with Gasteiger partial charge in [-0.25, -0.2) is 17.9 Å². The number of sulfonamides is 1. The molecule has 0 fully saturated rings. The first-order valence-electron chi connectivity index (χ1n) is 10.9. The van der Waals surface area contributed by atoms with Crippen LogP contribution >= 0.6 is 7.37 Å². The number of carbonyl (C=O) groups is 2. The van der Waals surface area contributed by atoms with Crippen molar-refractivity contribution in [2.24, 2.45) is 5.73 Å². The number of aliphatic carboxylic acids is 1. The van der Waals surface area contributed by atoms with E-state index < -0.39 is 59.3 Å². The maximum Gasteiger partial charge on any atom is 0.389 e. The van der Waals surface area contributed by atoms with Gasteiger partial charge in [-0.15, -0.1) is 0 Å². The van der Waals surface area contributed by atoms with Gasteiger partial charge in [0.2, 0.25) is 5.95 Å². The zero-order chi connectivity index (χ0) is 30.0. The van der Waals surface area contributed by atoms with Gasteiger partial charge in [-0.1, -0.05) is 18.2 Å². The van der Waals surface area contributed by atoms with E-state index in [4.69, 9.17) is 20.5 Å². The Morgan fingerprint density at radius 1 is 1.21 bits per heavy atom. The summed E-state index contributed by atoms with van der Waals surface area (Å²) >= 11 is 0. The first-order valence-corrected chi connectivity index (χ1v) is 14.6. The van der Waals surface area contributed by atoms with Gasteiger partial charge in [0.15, 0.2) is 7.37 Å². The molecule has 0 aliphatic rings. The van der Waals surface area contributed by atoms with Crippen molar-refractivity contribution in [3.8, 4) is 6.01 Å². The molecule has 218 valence electrons. The summed E-state index contributed by atoms with van der Waals surface area (Å²) < 4.78 is 79.4. The third-order valence-electron chi connectivity index (χ3n) is 4.47. The van der Waals surface area contributed by atoms with Crippen LogP contribution < -0.4 is 20.5 Å². The molecule has 0 bridgehead atoms. The number of carboxylic acids is 1. The normalized spacial score (nSPS) is 13.7. The van der Waals surface area contributed by atoms with E-state index in [0.29, 0.717) is 0 Å². The number of anilines is 1. The van der Waals surface area contributed by atoms with E-state index in [1.807, 2.05) is 0 Å². The molecule has 2 unspecified atom stereocenters. The maximum atomic E-state index is 12.5. The summed E-state index contributed by atoms with van der Waals surface area (Å²) in [5.74, 6) is -1.19. The molecule has 2 rings (SSSR count). The largest absolute Gasteiger partial charge is 0.480 e. The number of urea groups is 1. The highest BCUT2D eigenvalue weighted by molar-refractivity contribution is 7.90. The van der Waals surface area contributed by atoms with Crippen LogP contribution in [0.5, 0.6) is 6.01 Å². The number of rotatable bonds is 10. The molecule has 1 heterocycles. The number of carbonyl (C=O) groups excluding carboxylic acids is 1. The number of nitrogens with zero attached hydrogens (tertiary/aromatic N) is 3. The number of aromatic nitrogens is 3. The molecular weight excluding hydrogens is 572 g/mol. The minimum absolute atomic E-state index is 0.0412. The lowest BCUT2D eigenvalue weighted by molar-refractivity contribution is -0.138. The number of nitrogens with two attached hydrogens (primary N) is 1. The van der Waals surface area contributed by atoms with Crippen molar-refractivity contribution in [2.45, 2.75) is 43.3 Å². The van der Waals surface area contributed by atoms with Gasteiger partial charge < -0.3 is 20.5 Å². The lowest BCUT2D eigenvalue weighted by Gasteiger charge is -2.13. The molecule has 2 atom stereocenters. The molecule has 0 aliphatic carbocycles. The Hall–Kier alpha value is -3.34. The van der Waals surface area contributed by atoms with E-state index in [-0.39, 0.29) is 35.9 Å². The lowest BCUT2D eigenvalue weighted by atomic mass is 10.1. The van der Waals surface area contributed by atoms with Gasteiger partial charge in [-0.2, -0.15) is 28.1 Å². The highest BCUT2D eigenvalue weighted by Gasteiger charge is 2.29. The number of nitrogens with one attached hydrogen (secondary N) is 2. The molecule has 39 heavy (non-hydrogen) atoms. The average molecular weight is 601 g/mol. The number of hydrogen-bond donors (Lipinski definition) is 5. The molecule has 0 saturated heterocycles. The Morgan fingerprint density at radius 3 is 2.36 bits per heavy atom. The van der Waals surface area contributed by atoms with Crippen molar-refractivity contribution in [1.82, 2.24) is 19.7 Å². The molecule has 6 N–H and O–H groups in total. The summed E-state index contributed by atoms with van der Waals surface area (Å²) in [6.07, 6.45) is -6.20. The van der Waals surface area contributed by atoms with E-state index in [1.54, 1.807) is 4.72 Å². The van der Waals surface area contributed by atoms with Crippen LogP contribution in [0, 0.1) is 6.92 Å². The molecule has 0 radical (unpaired) electrons. The van der Waals surface area contributed by atoms with Crippen LogP contribution in [-0.4, -0.2) is 77.5 Å². The van der Waals surface area contributed by atoms with Gasteiger partial charge in [0, 0.05) is 19.2 Å². The highest BCUT2D eigenvalue weighted by atomic mass is 32.2. The smallest absolute Gasteiger partial charge is 0.389 e. The lowest BCUT2D eigenvalue weighted by Crippen LogP contribution is -2.35. The van der Waals surface area contributed by atoms with E-state index in [1.165, 1.54) is 38.9 Å². The van der Waals surface area contributed by atoms with Crippen molar-refractivity contribution in [2.75, 3.05) is 25.3 Å². The SMILES string of the molecule is COc1nc(C)nc(NC(=O)NS(=O)(=O)c2ccccc2CCC(F)(F)F)n1.CP(=O)(O)CCC(N)C(=O)O. The molecule has 19 heteroatoms. The van der Waals surface area contributed by atoms with Crippen LogP contribution in [0.2, 0.25) is 0 Å².